The fourth-order valence-corrected chi connectivity index (χ4v) is 1.99. The molecule has 0 radical (unpaired) electrons. The molecule has 11 heavy (non-hydrogen) atoms. The van der Waals surface area contributed by atoms with Gasteiger partial charge in [0.15, 0.2) is 0 Å². The van der Waals surface area contributed by atoms with E-state index in [4.69, 9.17) is 5.11 Å². The van der Waals surface area contributed by atoms with Crippen LogP contribution in [0.15, 0.2) is 0 Å². The second-order valence-electron chi connectivity index (χ2n) is 3.40. The van der Waals surface area contributed by atoms with Crippen molar-refractivity contribution in [2.75, 3.05) is 20.2 Å². The number of aliphatic hydroxyl groups is 1. The zero-order chi connectivity index (χ0) is 8.06. The van der Waals surface area contributed by atoms with Crippen LogP contribution < -0.4 is 5.32 Å². The highest BCUT2D eigenvalue weighted by Crippen LogP contribution is 2.32. The minimum absolute atomic E-state index is 0.0382. The van der Waals surface area contributed by atoms with E-state index in [1.165, 1.54) is 0 Å². The molecule has 1 amide bonds. The third-order valence-electron chi connectivity index (χ3n) is 2.81. The summed E-state index contributed by atoms with van der Waals surface area (Å²) in [4.78, 5) is 13.2. The smallest absolute Gasteiger partial charge is 0.245 e. The molecule has 2 unspecified atom stereocenters. The van der Waals surface area contributed by atoms with Gasteiger partial charge in [0.2, 0.25) is 5.91 Å². The van der Waals surface area contributed by atoms with Crippen molar-refractivity contribution in [1.29, 1.82) is 0 Å². The standard InChI is InChI=1S/C7H12N2O2/c1-9-5-2-7(4-10,6(9)11)8-3-5/h5,8,10H,2-4H2,1H3. The quantitative estimate of drug-likeness (QED) is 0.488. The van der Waals surface area contributed by atoms with Crippen molar-refractivity contribution >= 4 is 5.91 Å². The monoisotopic (exact) mass is 156 g/mol. The Balaban J connectivity index is 2.30. The number of hydrogen-bond donors (Lipinski definition) is 2. The zero-order valence-electron chi connectivity index (χ0n) is 6.50. The Hall–Kier alpha value is -0.610. The predicted octanol–water partition coefficient (Wildman–Crippen LogP) is -1.45. The zero-order valence-corrected chi connectivity index (χ0v) is 6.50. The number of amides is 1. The second-order valence-corrected chi connectivity index (χ2v) is 3.40. The Morgan fingerprint density at radius 3 is 3.00 bits per heavy atom. The van der Waals surface area contributed by atoms with Gasteiger partial charge in [0, 0.05) is 19.6 Å². The fraction of sp³-hybridized carbons (Fsp3) is 0.857. The highest BCUT2D eigenvalue weighted by molar-refractivity contribution is 5.90. The van der Waals surface area contributed by atoms with Crippen molar-refractivity contribution in [3.8, 4) is 0 Å². The molecule has 0 saturated carbocycles. The first-order valence-corrected chi connectivity index (χ1v) is 3.83. The van der Waals surface area contributed by atoms with Crippen molar-refractivity contribution in [2.24, 2.45) is 0 Å². The summed E-state index contributed by atoms with van der Waals surface area (Å²) in [5.74, 6) is 0.0382. The van der Waals surface area contributed by atoms with E-state index in [1.54, 1.807) is 11.9 Å². The molecule has 2 N–H and O–H groups in total. The minimum Gasteiger partial charge on any atom is -0.394 e. The molecule has 4 nitrogen and oxygen atoms in total. The van der Waals surface area contributed by atoms with Crippen molar-refractivity contribution in [1.82, 2.24) is 10.2 Å². The molecule has 2 aliphatic heterocycles. The number of carbonyl (C=O) groups excluding carboxylic acids is 1. The van der Waals surface area contributed by atoms with E-state index < -0.39 is 5.54 Å². The van der Waals surface area contributed by atoms with Gasteiger partial charge in [-0.2, -0.15) is 0 Å². The van der Waals surface area contributed by atoms with E-state index in [0.29, 0.717) is 6.04 Å². The Kier molecular flexibility index (Phi) is 1.25. The van der Waals surface area contributed by atoms with Crippen LogP contribution in [0.5, 0.6) is 0 Å². The number of rotatable bonds is 1. The van der Waals surface area contributed by atoms with Crippen molar-refractivity contribution < 1.29 is 9.90 Å². The Morgan fingerprint density at radius 2 is 2.64 bits per heavy atom. The van der Waals surface area contributed by atoms with Crippen LogP contribution in [0.3, 0.4) is 0 Å². The molecule has 0 aliphatic carbocycles. The largest absolute Gasteiger partial charge is 0.394 e. The van der Waals surface area contributed by atoms with Crippen LogP contribution in [-0.2, 0) is 4.79 Å². The van der Waals surface area contributed by atoms with Gasteiger partial charge in [0.25, 0.3) is 0 Å². The topological polar surface area (TPSA) is 52.6 Å². The van der Waals surface area contributed by atoms with Crippen LogP contribution in [0.25, 0.3) is 0 Å². The average molecular weight is 156 g/mol. The molecule has 0 aromatic carbocycles. The number of hydrogen-bond acceptors (Lipinski definition) is 3. The van der Waals surface area contributed by atoms with Gasteiger partial charge in [0.1, 0.15) is 5.54 Å². The fourth-order valence-electron chi connectivity index (χ4n) is 1.99. The highest BCUT2D eigenvalue weighted by atomic mass is 16.3. The van der Waals surface area contributed by atoms with Crippen LogP contribution in [-0.4, -0.2) is 47.7 Å². The summed E-state index contributed by atoms with van der Waals surface area (Å²) < 4.78 is 0. The Morgan fingerprint density at radius 1 is 1.91 bits per heavy atom. The third-order valence-corrected chi connectivity index (χ3v) is 2.81. The molecule has 4 heteroatoms. The van der Waals surface area contributed by atoms with E-state index in [2.05, 4.69) is 5.32 Å². The molecule has 2 heterocycles. The van der Waals surface area contributed by atoms with Gasteiger partial charge < -0.3 is 10.0 Å². The lowest BCUT2D eigenvalue weighted by molar-refractivity contribution is -0.136. The second kappa shape index (κ2) is 1.95. The predicted molar refractivity (Wildman–Crippen MR) is 39.0 cm³/mol. The summed E-state index contributed by atoms with van der Waals surface area (Å²) in [6.45, 7) is 0.746. The molecule has 0 aromatic heterocycles. The lowest BCUT2D eigenvalue weighted by Gasteiger charge is -2.28. The highest BCUT2D eigenvalue weighted by Gasteiger charge is 2.54. The average Bonchev–Trinajstić information content (AvgIpc) is 2.53. The third kappa shape index (κ3) is 0.684. The van der Waals surface area contributed by atoms with Crippen LogP contribution in [0, 0.1) is 0 Å². The van der Waals surface area contributed by atoms with Gasteiger partial charge in [-0.1, -0.05) is 0 Å². The summed E-state index contributed by atoms with van der Waals surface area (Å²) in [5.41, 5.74) is -0.626. The van der Waals surface area contributed by atoms with E-state index in [-0.39, 0.29) is 12.5 Å². The van der Waals surface area contributed by atoms with Crippen LogP contribution in [0.4, 0.5) is 0 Å². The molecule has 0 spiro atoms. The normalized spacial score (nSPS) is 42.2. The number of nitrogens with zero attached hydrogens (tertiary/aromatic N) is 1. The first-order valence-electron chi connectivity index (χ1n) is 3.83. The SMILES string of the molecule is CN1C(=O)C2(CO)CC1CN2. The maximum Gasteiger partial charge on any atom is 0.245 e. The van der Waals surface area contributed by atoms with E-state index in [9.17, 15) is 4.79 Å². The van der Waals surface area contributed by atoms with Gasteiger partial charge in [0.05, 0.1) is 6.61 Å². The van der Waals surface area contributed by atoms with Crippen molar-refractivity contribution in [3.63, 3.8) is 0 Å². The maximum atomic E-state index is 11.4. The summed E-state index contributed by atoms with van der Waals surface area (Å²) in [6.07, 6.45) is 0.763. The van der Waals surface area contributed by atoms with Gasteiger partial charge in [-0.3, -0.25) is 10.1 Å². The van der Waals surface area contributed by atoms with E-state index in [1.807, 2.05) is 0 Å². The van der Waals surface area contributed by atoms with Crippen molar-refractivity contribution in [2.45, 2.75) is 18.0 Å². The molecule has 0 aromatic rings. The Labute approximate surface area is 65.2 Å². The molecule has 2 fully saturated rings. The van der Waals surface area contributed by atoms with E-state index in [0.717, 1.165) is 13.0 Å². The number of piperazine rings is 1. The summed E-state index contributed by atoms with van der Waals surface area (Å²) in [6, 6.07) is 0.301. The molecule has 2 saturated heterocycles. The first kappa shape index (κ1) is 7.06. The number of likely N-dealkylation sites (tertiary alicyclic amines) is 1. The lowest BCUT2D eigenvalue weighted by atomic mass is 10.0. The van der Waals surface area contributed by atoms with Gasteiger partial charge in [-0.15, -0.1) is 0 Å². The number of fused-ring (bicyclic) bond motifs is 2. The Bertz CT molecular complexity index is 207. The molecule has 2 atom stereocenters. The van der Waals surface area contributed by atoms with Gasteiger partial charge >= 0.3 is 0 Å². The van der Waals surface area contributed by atoms with Crippen LogP contribution in [0.2, 0.25) is 0 Å². The summed E-state index contributed by atoms with van der Waals surface area (Å²) >= 11 is 0. The first-order chi connectivity index (χ1) is 5.19. The molecule has 2 bridgehead atoms. The summed E-state index contributed by atoms with van der Waals surface area (Å²) in [7, 11) is 1.80. The van der Waals surface area contributed by atoms with Gasteiger partial charge in [-0.25, -0.2) is 0 Å². The lowest BCUT2D eigenvalue weighted by Crippen LogP contribution is -2.56. The van der Waals surface area contributed by atoms with E-state index >= 15 is 0 Å². The molecular weight excluding hydrogens is 144 g/mol. The van der Waals surface area contributed by atoms with Crippen molar-refractivity contribution in [3.05, 3.63) is 0 Å². The number of likely N-dealkylation sites (N-methyl/N-ethyl adjacent to an activating group) is 1. The van der Waals surface area contributed by atoms with Crippen LogP contribution in [0.1, 0.15) is 6.42 Å². The summed E-state index contributed by atoms with van der Waals surface area (Å²) in [5, 5.41) is 12.1. The number of aliphatic hydroxyl groups excluding tert-OH is 1. The molecule has 2 rings (SSSR count). The van der Waals surface area contributed by atoms with Crippen LogP contribution >= 0.6 is 0 Å². The molecule has 2 aliphatic rings. The minimum atomic E-state index is -0.626. The maximum absolute atomic E-state index is 11.4. The number of nitrogens with one attached hydrogen (secondary N) is 1. The molecule has 62 valence electrons. The molecular formula is C7H12N2O2. The van der Waals surface area contributed by atoms with Gasteiger partial charge in [-0.05, 0) is 6.42 Å². The number of carbonyl (C=O) groups is 1.